The van der Waals surface area contributed by atoms with E-state index in [1.54, 1.807) is 0 Å². The molecule has 8 rings (SSSR count). The van der Waals surface area contributed by atoms with Gasteiger partial charge in [-0.2, -0.15) is 0 Å². The lowest BCUT2D eigenvalue weighted by molar-refractivity contribution is 0.667. The van der Waals surface area contributed by atoms with Crippen LogP contribution in [-0.4, -0.2) is 0 Å². The van der Waals surface area contributed by atoms with E-state index in [4.69, 9.17) is 0 Å². The lowest BCUT2D eigenvalue weighted by Gasteiger charge is -2.13. The van der Waals surface area contributed by atoms with Gasteiger partial charge in [0, 0.05) is 60.2 Å². The molecule has 0 aliphatic heterocycles. The second kappa shape index (κ2) is 15.8. The van der Waals surface area contributed by atoms with Crippen LogP contribution in [0.4, 0.5) is 0 Å². The Balaban J connectivity index is 1.32. The van der Waals surface area contributed by atoms with Crippen molar-refractivity contribution in [2.45, 2.75) is 91.9 Å². The predicted octanol–water partition coefficient (Wildman–Crippen LogP) is 16.9. The third-order valence-corrected chi connectivity index (χ3v) is 15.3. The molecule has 0 aliphatic rings. The predicted molar refractivity (Wildman–Crippen MR) is 237 cm³/mol. The molecule has 0 radical (unpaired) electrons. The minimum absolute atomic E-state index is 1.16. The summed E-state index contributed by atoms with van der Waals surface area (Å²) < 4.78 is 2.80. The first-order valence-electron chi connectivity index (χ1n) is 19.3. The third-order valence-electron chi connectivity index (χ3n) is 10.5. The van der Waals surface area contributed by atoms with Crippen molar-refractivity contribution >= 4 is 76.3 Å². The molecule has 4 heterocycles. The van der Waals surface area contributed by atoms with Crippen molar-refractivity contribution in [1.29, 1.82) is 0 Å². The van der Waals surface area contributed by atoms with Crippen LogP contribution < -0.4 is 0 Å². The molecule has 264 valence electrons. The van der Waals surface area contributed by atoms with Crippen LogP contribution in [0, 0.1) is 13.8 Å². The van der Waals surface area contributed by atoms with Gasteiger partial charge in [0.2, 0.25) is 0 Å². The summed E-state index contributed by atoms with van der Waals surface area (Å²) in [5, 5.41) is 5.48. The zero-order chi connectivity index (χ0) is 35.6. The Morgan fingerprint density at radius 2 is 0.808 bits per heavy atom. The number of hydrogen-bond donors (Lipinski definition) is 0. The Bertz CT molecular complexity index is 2270. The molecule has 0 aliphatic carbocycles. The quantitative estimate of drug-likeness (QED) is 0.0971. The number of benzene rings is 4. The molecule has 0 bridgehead atoms. The van der Waals surface area contributed by atoms with Crippen molar-refractivity contribution in [1.82, 2.24) is 0 Å². The Kier molecular flexibility index (Phi) is 10.8. The normalized spacial score (nSPS) is 11.8. The fourth-order valence-corrected chi connectivity index (χ4v) is 11.9. The molecular formula is C48H48S4. The maximum absolute atomic E-state index is 2.52. The Labute approximate surface area is 325 Å². The molecule has 0 spiro atoms. The van der Waals surface area contributed by atoms with Gasteiger partial charge in [0.25, 0.3) is 0 Å². The van der Waals surface area contributed by atoms with Gasteiger partial charge in [-0.3, -0.25) is 0 Å². The zero-order valence-electron chi connectivity index (χ0n) is 30.9. The zero-order valence-corrected chi connectivity index (χ0v) is 34.2. The smallest absolute Gasteiger partial charge is 0.0455 e. The minimum Gasteiger partial charge on any atom is -0.140 e. The molecule has 52 heavy (non-hydrogen) atoms. The van der Waals surface area contributed by atoms with E-state index in [1.165, 1.54) is 145 Å². The maximum Gasteiger partial charge on any atom is 0.0455 e. The van der Waals surface area contributed by atoms with Gasteiger partial charge in [-0.15, -0.1) is 45.3 Å². The standard InChI is InChI=1S/C48H48S4/c1-5-7-9-11-13-33-17-21-35(22-18-33)37-27-39-40(47-41(37)29-45(51-47)43-25-15-31(3)49-43)28-38(36-23-19-34(20-24-36)14-12-10-8-6-2)42-30-46(52-48(39)42)44-26-16-32(4)50-44/h15-30H,5-14H2,1-4H3. The average molecular weight is 753 g/mol. The van der Waals surface area contributed by atoms with Crippen LogP contribution in [0.3, 0.4) is 0 Å². The van der Waals surface area contributed by atoms with Gasteiger partial charge >= 0.3 is 0 Å². The molecule has 0 atom stereocenters. The fourth-order valence-electron chi connectivity index (χ4n) is 7.63. The van der Waals surface area contributed by atoms with E-state index in [9.17, 15) is 0 Å². The van der Waals surface area contributed by atoms with Gasteiger partial charge in [0.15, 0.2) is 0 Å². The summed E-state index contributed by atoms with van der Waals surface area (Å²) in [5.41, 5.74) is 8.22. The van der Waals surface area contributed by atoms with E-state index in [1.807, 2.05) is 45.3 Å². The van der Waals surface area contributed by atoms with Crippen LogP contribution in [0.5, 0.6) is 0 Å². The molecule has 0 amide bonds. The van der Waals surface area contributed by atoms with Crippen LogP contribution in [-0.2, 0) is 12.8 Å². The molecule has 0 N–H and O–H groups in total. The average Bonchev–Trinajstić information content (AvgIpc) is 3.98. The highest BCUT2D eigenvalue weighted by atomic mass is 32.1. The van der Waals surface area contributed by atoms with Crippen LogP contribution in [0.25, 0.3) is 72.7 Å². The van der Waals surface area contributed by atoms with E-state index in [-0.39, 0.29) is 0 Å². The topological polar surface area (TPSA) is 0 Å². The Morgan fingerprint density at radius 3 is 1.17 bits per heavy atom. The van der Waals surface area contributed by atoms with Crippen LogP contribution in [0.15, 0.2) is 97.1 Å². The molecule has 0 fully saturated rings. The fraction of sp³-hybridized carbons (Fsp3) is 0.292. The lowest BCUT2D eigenvalue weighted by atomic mass is 9.92. The van der Waals surface area contributed by atoms with E-state index in [0.717, 1.165) is 12.8 Å². The van der Waals surface area contributed by atoms with Gasteiger partial charge in [-0.05, 0) is 121 Å². The van der Waals surface area contributed by atoms with Crippen molar-refractivity contribution in [3.05, 3.63) is 118 Å². The molecule has 4 aromatic heterocycles. The molecule has 0 saturated carbocycles. The molecule has 0 saturated heterocycles. The number of unbranched alkanes of at least 4 members (excludes halogenated alkanes) is 6. The van der Waals surface area contributed by atoms with Crippen LogP contribution >= 0.6 is 45.3 Å². The first kappa shape index (κ1) is 35.5. The summed E-state index contributed by atoms with van der Waals surface area (Å²) in [6.07, 6.45) is 12.7. The van der Waals surface area contributed by atoms with Crippen molar-refractivity contribution in [3.8, 4) is 41.8 Å². The molecule has 0 nitrogen and oxygen atoms in total. The second-order valence-corrected chi connectivity index (χ2v) is 19.2. The van der Waals surface area contributed by atoms with Gasteiger partial charge in [0.1, 0.15) is 0 Å². The summed E-state index contributed by atoms with van der Waals surface area (Å²) >= 11 is 7.75. The number of thiophene rings is 4. The van der Waals surface area contributed by atoms with Gasteiger partial charge in [0.05, 0.1) is 0 Å². The summed E-state index contributed by atoms with van der Waals surface area (Å²) in [6.45, 7) is 9.01. The number of fused-ring (bicyclic) bond motifs is 5. The molecule has 8 aromatic rings. The number of rotatable bonds is 14. The van der Waals surface area contributed by atoms with Gasteiger partial charge in [-0.25, -0.2) is 0 Å². The first-order valence-corrected chi connectivity index (χ1v) is 22.5. The highest BCUT2D eigenvalue weighted by Gasteiger charge is 2.20. The number of hydrogen-bond acceptors (Lipinski definition) is 4. The van der Waals surface area contributed by atoms with Crippen molar-refractivity contribution in [2.24, 2.45) is 0 Å². The minimum atomic E-state index is 1.16. The lowest BCUT2D eigenvalue weighted by Crippen LogP contribution is -1.89. The second-order valence-electron chi connectivity index (χ2n) is 14.5. The highest BCUT2D eigenvalue weighted by Crippen LogP contribution is 2.50. The maximum atomic E-state index is 2.52. The summed E-state index contributed by atoms with van der Waals surface area (Å²) in [5.74, 6) is 0. The first-order chi connectivity index (χ1) is 25.5. The molecule has 4 aromatic carbocycles. The van der Waals surface area contributed by atoms with Gasteiger partial charge < -0.3 is 0 Å². The largest absolute Gasteiger partial charge is 0.140 e. The number of aryl methyl sites for hydroxylation is 4. The summed E-state index contributed by atoms with van der Waals surface area (Å²) in [6, 6.07) is 38.2. The SMILES string of the molecule is CCCCCCc1ccc(-c2cc3c(cc(-c4ccc(CCCCCC)cc4)c4cc(-c5ccc(C)s5)sc43)c3sc(-c4ccc(C)s4)cc23)cc1. The van der Waals surface area contributed by atoms with Gasteiger partial charge in [-0.1, -0.05) is 101 Å². The Hall–Kier alpha value is -3.54. The summed E-state index contributed by atoms with van der Waals surface area (Å²) in [4.78, 5) is 8.18. The molecular weight excluding hydrogens is 705 g/mol. The van der Waals surface area contributed by atoms with Crippen LogP contribution in [0.2, 0.25) is 0 Å². The van der Waals surface area contributed by atoms with Crippen molar-refractivity contribution < 1.29 is 0 Å². The van der Waals surface area contributed by atoms with Crippen LogP contribution in [0.1, 0.15) is 86.1 Å². The van der Waals surface area contributed by atoms with Crippen molar-refractivity contribution in [2.75, 3.05) is 0 Å². The van der Waals surface area contributed by atoms with E-state index in [0.29, 0.717) is 0 Å². The molecule has 0 unspecified atom stereocenters. The van der Waals surface area contributed by atoms with E-state index in [2.05, 4.69) is 125 Å². The molecule has 4 heteroatoms. The highest BCUT2D eigenvalue weighted by molar-refractivity contribution is 7.28. The monoisotopic (exact) mass is 752 g/mol. The third kappa shape index (κ3) is 7.33. The van der Waals surface area contributed by atoms with E-state index >= 15 is 0 Å². The van der Waals surface area contributed by atoms with E-state index < -0.39 is 0 Å². The summed E-state index contributed by atoms with van der Waals surface area (Å²) in [7, 11) is 0. The van der Waals surface area contributed by atoms with Crippen molar-refractivity contribution in [3.63, 3.8) is 0 Å². The Morgan fingerprint density at radius 1 is 0.385 bits per heavy atom.